The van der Waals surface area contributed by atoms with Gasteiger partial charge in [0.1, 0.15) is 0 Å². The maximum absolute atomic E-state index is 10.8. The molecule has 17 heavy (non-hydrogen) atoms. The summed E-state index contributed by atoms with van der Waals surface area (Å²) >= 11 is 1.76. The van der Waals surface area contributed by atoms with Gasteiger partial charge in [0.15, 0.2) is 5.60 Å². The van der Waals surface area contributed by atoms with Crippen molar-refractivity contribution >= 4 is 23.7 Å². The molecule has 0 spiro atoms. The minimum atomic E-state index is -2.12. The van der Waals surface area contributed by atoms with Gasteiger partial charge in [0.05, 0.1) is 6.42 Å². The summed E-state index contributed by atoms with van der Waals surface area (Å²) in [5, 5.41) is 27.0. The van der Waals surface area contributed by atoms with Gasteiger partial charge in [0, 0.05) is 0 Å². The van der Waals surface area contributed by atoms with Crippen LogP contribution >= 0.6 is 11.8 Å². The van der Waals surface area contributed by atoms with Crippen molar-refractivity contribution in [3.8, 4) is 0 Å². The Kier molecular flexibility index (Phi) is 7.99. The minimum absolute atomic E-state index is 0.00605. The van der Waals surface area contributed by atoms with Crippen molar-refractivity contribution < 1.29 is 24.9 Å². The molecule has 0 aliphatic rings. The smallest absolute Gasteiger partial charge is 0.336 e. The third-order valence-corrected chi connectivity index (χ3v) is 3.23. The Morgan fingerprint density at radius 2 is 1.71 bits per heavy atom. The van der Waals surface area contributed by atoms with Crippen LogP contribution < -0.4 is 0 Å². The van der Waals surface area contributed by atoms with Gasteiger partial charge >= 0.3 is 11.9 Å². The molecule has 5 nitrogen and oxygen atoms in total. The maximum atomic E-state index is 10.8. The van der Waals surface area contributed by atoms with Crippen molar-refractivity contribution in [1.82, 2.24) is 0 Å². The molecule has 0 aromatic rings. The van der Waals surface area contributed by atoms with Crippen molar-refractivity contribution in [2.45, 2.75) is 44.1 Å². The Bertz CT molecular complexity index is 256. The highest BCUT2D eigenvalue weighted by Gasteiger charge is 2.37. The molecule has 0 radical (unpaired) electrons. The number of hydrogen-bond donors (Lipinski definition) is 3. The largest absolute Gasteiger partial charge is 0.481 e. The normalized spacial score (nSPS) is 14.2. The van der Waals surface area contributed by atoms with E-state index in [-0.39, 0.29) is 6.42 Å². The van der Waals surface area contributed by atoms with Crippen LogP contribution in [0.1, 0.15) is 38.5 Å². The van der Waals surface area contributed by atoms with E-state index in [1.807, 2.05) is 6.26 Å². The second-order valence-corrected chi connectivity index (χ2v) is 5.05. The van der Waals surface area contributed by atoms with Gasteiger partial charge in [0.2, 0.25) is 0 Å². The van der Waals surface area contributed by atoms with Gasteiger partial charge < -0.3 is 15.3 Å². The van der Waals surface area contributed by atoms with Crippen molar-refractivity contribution in [2.24, 2.45) is 0 Å². The van der Waals surface area contributed by atoms with E-state index < -0.39 is 24.0 Å². The lowest BCUT2D eigenvalue weighted by Gasteiger charge is -2.21. The van der Waals surface area contributed by atoms with Crippen LogP contribution in [0.3, 0.4) is 0 Å². The monoisotopic (exact) mass is 264 g/mol. The first-order valence-corrected chi connectivity index (χ1v) is 6.98. The molecule has 0 bridgehead atoms. The molecular formula is C11H20O5S. The number of carboxylic acids is 2. The lowest BCUT2D eigenvalue weighted by Crippen LogP contribution is -2.40. The lowest BCUT2D eigenvalue weighted by atomic mass is 9.92. The molecule has 0 unspecified atom stereocenters. The van der Waals surface area contributed by atoms with Crippen LogP contribution in [-0.2, 0) is 9.59 Å². The molecule has 0 saturated heterocycles. The van der Waals surface area contributed by atoms with E-state index in [0.717, 1.165) is 25.0 Å². The second-order valence-electron chi connectivity index (χ2n) is 4.06. The van der Waals surface area contributed by atoms with Crippen molar-refractivity contribution in [1.29, 1.82) is 0 Å². The average Bonchev–Trinajstić information content (AvgIpc) is 2.22. The maximum Gasteiger partial charge on any atom is 0.336 e. The highest BCUT2D eigenvalue weighted by atomic mass is 32.2. The van der Waals surface area contributed by atoms with E-state index in [4.69, 9.17) is 10.2 Å². The first-order valence-electron chi connectivity index (χ1n) is 5.59. The zero-order valence-corrected chi connectivity index (χ0v) is 10.8. The first kappa shape index (κ1) is 16.2. The number of rotatable bonds is 10. The third kappa shape index (κ3) is 7.23. The predicted octanol–water partition coefficient (Wildman–Crippen LogP) is 1.59. The quantitative estimate of drug-likeness (QED) is 0.519. The van der Waals surface area contributed by atoms with Gasteiger partial charge in [-0.2, -0.15) is 11.8 Å². The first-order chi connectivity index (χ1) is 7.92. The fourth-order valence-corrected chi connectivity index (χ4v) is 2.03. The van der Waals surface area contributed by atoms with E-state index in [0.29, 0.717) is 6.42 Å². The summed E-state index contributed by atoms with van der Waals surface area (Å²) in [7, 11) is 0. The highest BCUT2D eigenvalue weighted by Crippen LogP contribution is 2.20. The SMILES string of the molecule is CSCCCCCC[C@@](O)(CC(=O)O)C(=O)O. The summed E-state index contributed by atoms with van der Waals surface area (Å²) in [5.41, 5.74) is -2.12. The highest BCUT2D eigenvalue weighted by molar-refractivity contribution is 7.98. The molecule has 0 aromatic heterocycles. The summed E-state index contributed by atoms with van der Waals surface area (Å²) in [6.45, 7) is 0. The van der Waals surface area contributed by atoms with Gasteiger partial charge in [-0.25, -0.2) is 4.79 Å². The van der Waals surface area contributed by atoms with Crippen LogP contribution in [0.25, 0.3) is 0 Å². The van der Waals surface area contributed by atoms with Crippen molar-refractivity contribution in [3.63, 3.8) is 0 Å². The van der Waals surface area contributed by atoms with E-state index in [1.165, 1.54) is 0 Å². The van der Waals surface area contributed by atoms with E-state index >= 15 is 0 Å². The van der Waals surface area contributed by atoms with Crippen LogP contribution in [0, 0.1) is 0 Å². The molecular weight excluding hydrogens is 244 g/mol. The number of unbranched alkanes of at least 4 members (excludes halogenated alkanes) is 3. The van der Waals surface area contributed by atoms with Gasteiger partial charge in [0.25, 0.3) is 0 Å². The van der Waals surface area contributed by atoms with Gasteiger partial charge in [-0.15, -0.1) is 0 Å². The Balaban J connectivity index is 3.93. The molecule has 0 aromatic carbocycles. The molecule has 0 heterocycles. The van der Waals surface area contributed by atoms with E-state index in [9.17, 15) is 14.7 Å². The summed E-state index contributed by atoms with van der Waals surface area (Å²) in [4.78, 5) is 21.3. The number of aliphatic carboxylic acids is 2. The lowest BCUT2D eigenvalue weighted by molar-refractivity contribution is -0.166. The van der Waals surface area contributed by atoms with Crippen LogP contribution in [0.4, 0.5) is 0 Å². The zero-order chi connectivity index (χ0) is 13.3. The Morgan fingerprint density at radius 1 is 1.12 bits per heavy atom. The molecule has 3 N–H and O–H groups in total. The topological polar surface area (TPSA) is 94.8 Å². The minimum Gasteiger partial charge on any atom is -0.481 e. The summed E-state index contributed by atoms with van der Waals surface area (Å²) in [5.74, 6) is -1.68. The number of carboxylic acid groups (broad SMARTS) is 2. The van der Waals surface area contributed by atoms with Gasteiger partial charge in [-0.3, -0.25) is 4.79 Å². The van der Waals surface area contributed by atoms with Crippen LogP contribution in [0.2, 0.25) is 0 Å². The molecule has 6 heteroatoms. The van der Waals surface area contributed by atoms with Crippen LogP contribution in [0.5, 0.6) is 0 Å². The second kappa shape index (κ2) is 8.36. The number of hydrogen-bond acceptors (Lipinski definition) is 4. The fraction of sp³-hybridized carbons (Fsp3) is 0.818. The number of thioether (sulfide) groups is 1. The molecule has 0 amide bonds. The van der Waals surface area contributed by atoms with Crippen molar-refractivity contribution in [2.75, 3.05) is 12.0 Å². The predicted molar refractivity (Wildman–Crippen MR) is 66.3 cm³/mol. The van der Waals surface area contributed by atoms with E-state index in [2.05, 4.69) is 0 Å². The molecule has 0 saturated carbocycles. The summed E-state index contributed by atoms with van der Waals surface area (Å²) in [6, 6.07) is 0. The molecule has 1 atom stereocenters. The number of carbonyl (C=O) groups is 2. The van der Waals surface area contributed by atoms with Crippen LogP contribution in [0.15, 0.2) is 0 Å². The van der Waals surface area contributed by atoms with Gasteiger partial charge in [-0.1, -0.05) is 12.8 Å². The zero-order valence-electron chi connectivity index (χ0n) is 10.0. The van der Waals surface area contributed by atoms with Crippen LogP contribution in [-0.4, -0.2) is 44.9 Å². The summed E-state index contributed by atoms with van der Waals surface area (Å²) < 4.78 is 0. The summed E-state index contributed by atoms with van der Waals surface area (Å²) in [6.07, 6.45) is 4.66. The fourth-order valence-electron chi connectivity index (χ4n) is 1.54. The Hall–Kier alpha value is -0.750. The Morgan fingerprint density at radius 3 is 2.18 bits per heavy atom. The van der Waals surface area contributed by atoms with E-state index in [1.54, 1.807) is 11.8 Å². The standard InChI is InChI=1S/C11H20O5S/c1-17-7-5-3-2-4-6-11(16,10(14)15)8-9(12)13/h16H,2-8H2,1H3,(H,12,13)(H,14,15)/t11-/m1/s1. The molecule has 0 aliphatic carbocycles. The molecule has 0 fully saturated rings. The Labute approximate surface area is 105 Å². The molecule has 0 rings (SSSR count). The molecule has 100 valence electrons. The van der Waals surface area contributed by atoms with Crippen molar-refractivity contribution in [3.05, 3.63) is 0 Å². The third-order valence-electron chi connectivity index (χ3n) is 2.53. The molecule has 0 aliphatic heterocycles. The number of aliphatic hydroxyl groups is 1. The van der Waals surface area contributed by atoms with Gasteiger partial charge in [-0.05, 0) is 31.3 Å². The average molecular weight is 264 g/mol.